The van der Waals surface area contributed by atoms with Crippen molar-refractivity contribution in [2.45, 2.75) is 30.5 Å². The van der Waals surface area contributed by atoms with Crippen LogP contribution in [0.4, 0.5) is 8.78 Å². The molecule has 3 aromatic rings. The Hall–Kier alpha value is -3.75. The third-order valence-electron chi connectivity index (χ3n) is 5.95. The second-order valence-electron chi connectivity index (χ2n) is 8.47. The minimum Gasteiger partial charge on any atom is -0.497 e. The Bertz CT molecular complexity index is 1410. The molecule has 0 aliphatic carbocycles. The summed E-state index contributed by atoms with van der Waals surface area (Å²) >= 11 is 0. The quantitative estimate of drug-likeness (QED) is 0.282. The van der Waals surface area contributed by atoms with Crippen molar-refractivity contribution in [1.29, 1.82) is 0 Å². The number of aliphatic hydroxyl groups is 2. The lowest BCUT2D eigenvalue weighted by Gasteiger charge is -2.31. The van der Waals surface area contributed by atoms with Crippen molar-refractivity contribution < 1.29 is 51.3 Å². The number of hydrogen-bond donors (Lipinski definition) is 3. The summed E-state index contributed by atoms with van der Waals surface area (Å²) < 4.78 is 74.8. The number of methoxy groups -OCH3 is 2. The first-order chi connectivity index (χ1) is 19.0. The number of aromatic nitrogens is 2. The standard InChI is InChI=1S/C24H25F2N2O11P/c1-34-14-3-7-16(8-4-14)38-40(33,39-17-9-5-15(35-2)6-10-17)36-13-24(22(25)26)20(31)19(30)21(37-24)28-12-11-18(29)27-23(28)32/h3-12,19-22,30-31H,13H2,1-2H3,(H,27,29,32)/t19-,20-,21+,24+/m0/s1. The normalized spacial score (nSPS) is 22.7. The molecule has 13 nitrogen and oxygen atoms in total. The molecule has 40 heavy (non-hydrogen) atoms. The van der Waals surface area contributed by atoms with Gasteiger partial charge < -0.3 is 33.5 Å². The van der Waals surface area contributed by atoms with Crippen LogP contribution >= 0.6 is 7.82 Å². The van der Waals surface area contributed by atoms with Gasteiger partial charge in [0.25, 0.3) is 12.0 Å². The van der Waals surface area contributed by atoms with Gasteiger partial charge in [-0.1, -0.05) is 0 Å². The average molecular weight is 586 g/mol. The number of phosphoric acid groups is 1. The molecule has 4 atom stereocenters. The monoisotopic (exact) mass is 586 g/mol. The van der Waals surface area contributed by atoms with E-state index >= 15 is 0 Å². The number of nitrogens with zero attached hydrogens (tertiary/aromatic N) is 1. The van der Waals surface area contributed by atoms with E-state index in [0.717, 1.165) is 12.3 Å². The first-order valence-corrected chi connectivity index (χ1v) is 13.0. The lowest BCUT2D eigenvalue weighted by atomic mass is 9.96. The molecule has 16 heteroatoms. The average Bonchev–Trinajstić information content (AvgIpc) is 3.19. The predicted octanol–water partition coefficient (Wildman–Crippen LogP) is 2.09. The molecule has 4 rings (SSSR count). The Labute approximate surface area is 225 Å². The molecule has 1 aliphatic heterocycles. The van der Waals surface area contributed by atoms with Gasteiger partial charge in [-0.3, -0.25) is 18.9 Å². The van der Waals surface area contributed by atoms with Crippen LogP contribution in [0.3, 0.4) is 0 Å². The number of ether oxygens (including phenoxy) is 3. The first-order valence-electron chi connectivity index (χ1n) is 11.6. The summed E-state index contributed by atoms with van der Waals surface area (Å²) in [5.74, 6) is 0.787. The lowest BCUT2D eigenvalue weighted by Crippen LogP contribution is -2.52. The molecule has 1 aromatic heterocycles. The topological polar surface area (TPSA) is 168 Å². The molecule has 0 amide bonds. The Kier molecular flexibility index (Phi) is 8.61. The zero-order valence-corrected chi connectivity index (χ0v) is 21.9. The molecule has 1 aliphatic rings. The summed E-state index contributed by atoms with van der Waals surface area (Å²) in [6.45, 7) is -1.32. The lowest BCUT2D eigenvalue weighted by molar-refractivity contribution is -0.193. The van der Waals surface area contributed by atoms with Gasteiger partial charge in [0.05, 0.1) is 20.8 Å². The van der Waals surface area contributed by atoms with Crippen LogP contribution < -0.4 is 29.8 Å². The fraction of sp³-hybridized carbons (Fsp3) is 0.333. The summed E-state index contributed by atoms with van der Waals surface area (Å²) in [5.41, 5.74) is -4.88. The van der Waals surface area contributed by atoms with Crippen LogP contribution in [-0.4, -0.2) is 64.8 Å². The van der Waals surface area contributed by atoms with Gasteiger partial charge in [-0.2, -0.15) is 0 Å². The zero-order chi connectivity index (χ0) is 29.1. The molecule has 0 radical (unpaired) electrons. The van der Waals surface area contributed by atoms with Crippen LogP contribution in [-0.2, 0) is 13.8 Å². The van der Waals surface area contributed by atoms with Crippen LogP contribution in [0.15, 0.2) is 70.4 Å². The van der Waals surface area contributed by atoms with Gasteiger partial charge in [0.2, 0.25) is 0 Å². The van der Waals surface area contributed by atoms with Crippen LogP contribution in [0.2, 0.25) is 0 Å². The molecule has 0 unspecified atom stereocenters. The van der Waals surface area contributed by atoms with E-state index < -0.39 is 56.1 Å². The summed E-state index contributed by atoms with van der Waals surface area (Å²) in [7, 11) is -1.95. The fourth-order valence-electron chi connectivity index (χ4n) is 3.80. The third-order valence-corrected chi connectivity index (χ3v) is 7.27. The largest absolute Gasteiger partial charge is 0.587 e. The van der Waals surface area contributed by atoms with E-state index in [-0.39, 0.29) is 11.5 Å². The number of alkyl halides is 2. The summed E-state index contributed by atoms with van der Waals surface area (Å²) in [5, 5.41) is 21.1. The Morgan fingerprint density at radius 3 is 1.90 bits per heavy atom. The van der Waals surface area contributed by atoms with E-state index in [1.54, 1.807) is 0 Å². The fourth-order valence-corrected chi connectivity index (χ4v) is 5.07. The van der Waals surface area contributed by atoms with Crippen molar-refractivity contribution in [3.8, 4) is 23.0 Å². The van der Waals surface area contributed by atoms with Crippen molar-refractivity contribution in [3.63, 3.8) is 0 Å². The number of nitrogens with one attached hydrogen (secondary N) is 1. The van der Waals surface area contributed by atoms with Crippen LogP contribution in [0, 0.1) is 0 Å². The number of rotatable bonds is 11. The maximum atomic E-state index is 14.4. The van der Waals surface area contributed by atoms with Crippen molar-refractivity contribution in [1.82, 2.24) is 9.55 Å². The maximum absolute atomic E-state index is 14.4. The highest BCUT2D eigenvalue weighted by atomic mass is 31.2. The second-order valence-corrected chi connectivity index (χ2v) is 9.99. The van der Waals surface area contributed by atoms with Gasteiger partial charge in [-0.25, -0.2) is 18.1 Å². The molecular formula is C24H25F2N2O11P. The summed E-state index contributed by atoms with van der Waals surface area (Å²) in [6, 6.07) is 12.2. The molecule has 216 valence electrons. The van der Waals surface area contributed by atoms with Gasteiger partial charge in [-0.05, 0) is 48.5 Å². The van der Waals surface area contributed by atoms with Crippen LogP contribution in [0.25, 0.3) is 0 Å². The Morgan fingerprint density at radius 2 is 1.45 bits per heavy atom. The molecule has 1 fully saturated rings. The molecule has 1 saturated heterocycles. The number of hydrogen-bond acceptors (Lipinski definition) is 11. The molecule has 0 bridgehead atoms. The molecule has 0 spiro atoms. The van der Waals surface area contributed by atoms with Gasteiger partial charge in [0.15, 0.2) is 11.8 Å². The van der Waals surface area contributed by atoms with E-state index in [0.29, 0.717) is 16.1 Å². The van der Waals surface area contributed by atoms with E-state index in [1.807, 2.05) is 4.98 Å². The minimum atomic E-state index is -4.80. The van der Waals surface area contributed by atoms with Crippen molar-refractivity contribution >= 4 is 7.82 Å². The molecule has 2 heterocycles. The highest BCUT2D eigenvalue weighted by Gasteiger charge is 2.62. The number of phosphoric ester groups is 1. The van der Waals surface area contributed by atoms with Crippen molar-refractivity contribution in [3.05, 3.63) is 81.6 Å². The van der Waals surface area contributed by atoms with Gasteiger partial charge in [-0.15, -0.1) is 0 Å². The Morgan fingerprint density at radius 1 is 0.950 bits per heavy atom. The van der Waals surface area contributed by atoms with Crippen molar-refractivity contribution in [2.24, 2.45) is 0 Å². The van der Waals surface area contributed by atoms with Crippen LogP contribution in [0.1, 0.15) is 6.23 Å². The van der Waals surface area contributed by atoms with Gasteiger partial charge >= 0.3 is 13.5 Å². The SMILES string of the molecule is COc1ccc(OP(=O)(OC[C@@]2(C(F)F)O[C@@H](n3ccc(=O)[nH]c3=O)[C@@H](O)[C@@H]2O)Oc2ccc(OC)cc2)cc1. The molecular weight excluding hydrogens is 561 g/mol. The number of halogens is 2. The van der Waals surface area contributed by atoms with Crippen LogP contribution in [0.5, 0.6) is 23.0 Å². The summed E-state index contributed by atoms with van der Waals surface area (Å²) in [6.07, 6.45) is -8.91. The highest BCUT2D eigenvalue weighted by Crippen LogP contribution is 2.52. The highest BCUT2D eigenvalue weighted by molar-refractivity contribution is 7.49. The number of benzene rings is 2. The van der Waals surface area contributed by atoms with E-state index in [4.69, 9.17) is 27.8 Å². The summed E-state index contributed by atoms with van der Waals surface area (Å²) in [4.78, 5) is 25.5. The number of aromatic amines is 1. The van der Waals surface area contributed by atoms with E-state index in [1.165, 1.54) is 62.8 Å². The third kappa shape index (κ3) is 6.03. The predicted molar refractivity (Wildman–Crippen MR) is 133 cm³/mol. The number of aliphatic hydroxyl groups excluding tert-OH is 2. The zero-order valence-electron chi connectivity index (χ0n) is 21.0. The van der Waals surface area contributed by atoms with E-state index in [9.17, 15) is 33.1 Å². The van der Waals surface area contributed by atoms with Gasteiger partial charge in [0.1, 0.15) is 35.2 Å². The molecule has 3 N–H and O–H groups in total. The second kappa shape index (κ2) is 11.8. The maximum Gasteiger partial charge on any atom is 0.587 e. The Balaban J connectivity index is 1.64. The van der Waals surface area contributed by atoms with E-state index in [2.05, 4.69) is 0 Å². The minimum absolute atomic E-state index is 0.0469. The van der Waals surface area contributed by atoms with Gasteiger partial charge in [0, 0.05) is 12.3 Å². The number of H-pyrrole nitrogens is 1. The smallest absolute Gasteiger partial charge is 0.497 e. The first kappa shape index (κ1) is 29.2. The molecule has 0 saturated carbocycles. The van der Waals surface area contributed by atoms with Crippen molar-refractivity contribution in [2.75, 3.05) is 20.8 Å². The molecule has 2 aromatic carbocycles.